The van der Waals surface area contributed by atoms with E-state index in [1.54, 1.807) is 6.92 Å². The van der Waals surface area contributed by atoms with Gasteiger partial charge in [0.2, 0.25) is 0 Å². The number of carbonyl (C=O) groups excluding carboxylic acids is 1. The van der Waals surface area contributed by atoms with E-state index in [1.807, 2.05) is 0 Å². The second kappa shape index (κ2) is 7.92. The molecule has 1 fully saturated rings. The molecule has 96 valence electrons. The van der Waals surface area contributed by atoms with Gasteiger partial charge in [-0.25, -0.2) is 0 Å². The molecule has 1 saturated carbocycles. The third-order valence-corrected chi connectivity index (χ3v) is 2.94. The monoisotopic (exact) mass is 240 g/mol. The number of hydrogen-bond donors (Lipinski definition) is 1. The van der Waals surface area contributed by atoms with Crippen LogP contribution < -0.4 is 5.32 Å². The van der Waals surface area contributed by atoms with E-state index >= 15 is 0 Å². The number of nitrogens with one attached hydrogen (secondary N) is 1. The Labute approximate surface area is 101 Å². The number of esters is 1. The quantitative estimate of drug-likeness (QED) is 0.334. The summed E-state index contributed by atoms with van der Waals surface area (Å²) in [5.41, 5.74) is 8.31. The van der Waals surface area contributed by atoms with Crippen molar-refractivity contribution < 1.29 is 9.53 Å². The minimum Gasteiger partial charge on any atom is -0.465 e. The van der Waals surface area contributed by atoms with E-state index < -0.39 is 6.04 Å². The molecule has 1 aliphatic carbocycles. The molecule has 1 atom stereocenters. The average molecular weight is 240 g/mol. The number of azide groups is 1. The van der Waals surface area contributed by atoms with Crippen LogP contribution in [0.2, 0.25) is 0 Å². The van der Waals surface area contributed by atoms with Crippen molar-refractivity contribution in [3.63, 3.8) is 0 Å². The van der Waals surface area contributed by atoms with Crippen molar-refractivity contribution in [1.82, 2.24) is 5.32 Å². The molecular weight excluding hydrogens is 220 g/mol. The first-order valence-corrected chi connectivity index (χ1v) is 6.21. The van der Waals surface area contributed by atoms with Gasteiger partial charge in [0.05, 0.1) is 13.2 Å². The minimum atomic E-state index is -0.506. The Balaban J connectivity index is 2.48. The first-order chi connectivity index (χ1) is 8.27. The lowest BCUT2D eigenvalue weighted by molar-refractivity contribution is -0.145. The summed E-state index contributed by atoms with van der Waals surface area (Å²) in [6, 6.07) is -0.166. The number of rotatable bonds is 6. The first-order valence-electron chi connectivity index (χ1n) is 6.21. The summed E-state index contributed by atoms with van der Waals surface area (Å²) in [4.78, 5) is 14.3. The van der Waals surface area contributed by atoms with Crippen LogP contribution >= 0.6 is 0 Å². The Morgan fingerprint density at radius 1 is 1.53 bits per heavy atom. The molecule has 17 heavy (non-hydrogen) atoms. The van der Waals surface area contributed by atoms with E-state index in [4.69, 9.17) is 10.3 Å². The molecule has 0 aliphatic heterocycles. The SMILES string of the molecule is CCOC(=O)C(CN=[N+]=[N-])NC1CCCCC1. The van der Waals surface area contributed by atoms with Gasteiger partial charge >= 0.3 is 5.97 Å². The highest BCUT2D eigenvalue weighted by Gasteiger charge is 2.23. The second-order valence-electron chi connectivity index (χ2n) is 4.22. The maximum Gasteiger partial charge on any atom is 0.323 e. The van der Waals surface area contributed by atoms with Crippen LogP contribution in [0.1, 0.15) is 39.0 Å². The van der Waals surface area contributed by atoms with Gasteiger partial charge in [-0.15, -0.1) is 0 Å². The number of carbonyl (C=O) groups is 1. The van der Waals surface area contributed by atoms with Crippen molar-refractivity contribution in [3.8, 4) is 0 Å². The Bertz CT molecular complexity index is 283. The Morgan fingerprint density at radius 2 is 2.24 bits per heavy atom. The van der Waals surface area contributed by atoms with Crippen LogP contribution in [0, 0.1) is 0 Å². The van der Waals surface area contributed by atoms with Crippen LogP contribution in [0.3, 0.4) is 0 Å². The summed E-state index contributed by atoms with van der Waals surface area (Å²) in [7, 11) is 0. The molecule has 0 heterocycles. The van der Waals surface area contributed by atoms with Gasteiger partial charge in [0.25, 0.3) is 0 Å². The van der Waals surface area contributed by atoms with Gasteiger partial charge in [0.1, 0.15) is 6.04 Å². The Hall–Kier alpha value is -1.26. The molecule has 0 aromatic heterocycles. The number of ether oxygens (including phenoxy) is 1. The zero-order chi connectivity index (χ0) is 12.5. The van der Waals surface area contributed by atoms with Crippen molar-refractivity contribution >= 4 is 5.97 Å². The number of nitrogens with zero attached hydrogens (tertiary/aromatic N) is 3. The van der Waals surface area contributed by atoms with Crippen molar-refractivity contribution in [1.29, 1.82) is 0 Å². The fourth-order valence-corrected chi connectivity index (χ4v) is 2.11. The lowest BCUT2D eigenvalue weighted by Gasteiger charge is -2.26. The standard InChI is InChI=1S/C11H20N4O2/c1-2-17-11(16)10(8-13-15-12)14-9-6-4-3-5-7-9/h9-10,14H,2-8H2,1H3. The summed E-state index contributed by atoms with van der Waals surface area (Å²) in [6.45, 7) is 2.23. The third-order valence-electron chi connectivity index (χ3n) is 2.94. The van der Waals surface area contributed by atoms with E-state index in [2.05, 4.69) is 15.3 Å². The van der Waals surface area contributed by atoms with Crippen molar-refractivity contribution in [2.24, 2.45) is 5.11 Å². The topological polar surface area (TPSA) is 87.1 Å². The molecule has 0 bridgehead atoms. The fourth-order valence-electron chi connectivity index (χ4n) is 2.11. The van der Waals surface area contributed by atoms with Gasteiger partial charge in [0, 0.05) is 11.0 Å². The normalized spacial score (nSPS) is 18.2. The highest BCUT2D eigenvalue weighted by molar-refractivity contribution is 5.76. The van der Waals surface area contributed by atoms with Gasteiger partial charge in [0.15, 0.2) is 0 Å². The minimum absolute atomic E-state index is 0.117. The maximum absolute atomic E-state index is 11.7. The zero-order valence-corrected chi connectivity index (χ0v) is 10.3. The summed E-state index contributed by atoms with van der Waals surface area (Å²) in [5, 5.41) is 6.69. The van der Waals surface area contributed by atoms with Crippen LogP contribution in [0.5, 0.6) is 0 Å². The summed E-state index contributed by atoms with van der Waals surface area (Å²) in [5.74, 6) is -0.328. The van der Waals surface area contributed by atoms with Crippen LogP contribution in [0.25, 0.3) is 10.4 Å². The lowest BCUT2D eigenvalue weighted by atomic mass is 9.95. The first kappa shape index (κ1) is 13.8. The van der Waals surface area contributed by atoms with Crippen LogP contribution in [-0.2, 0) is 9.53 Å². The van der Waals surface area contributed by atoms with Crippen LogP contribution in [-0.4, -0.2) is 31.2 Å². The van der Waals surface area contributed by atoms with Crippen molar-refractivity contribution in [2.75, 3.05) is 13.2 Å². The molecular formula is C11H20N4O2. The van der Waals surface area contributed by atoms with Gasteiger partial charge < -0.3 is 10.1 Å². The van der Waals surface area contributed by atoms with Crippen molar-refractivity contribution in [2.45, 2.75) is 51.1 Å². The fraction of sp³-hybridized carbons (Fsp3) is 0.909. The summed E-state index contributed by atoms with van der Waals surface area (Å²) < 4.78 is 4.96. The predicted octanol–water partition coefficient (Wildman–Crippen LogP) is 2.15. The third kappa shape index (κ3) is 5.06. The number of hydrogen-bond acceptors (Lipinski definition) is 4. The molecule has 0 amide bonds. The van der Waals surface area contributed by atoms with Crippen LogP contribution in [0.4, 0.5) is 0 Å². The van der Waals surface area contributed by atoms with E-state index in [-0.39, 0.29) is 12.5 Å². The zero-order valence-electron chi connectivity index (χ0n) is 10.3. The Kier molecular flexibility index (Phi) is 6.43. The molecule has 1 rings (SSSR count). The Morgan fingerprint density at radius 3 is 2.82 bits per heavy atom. The van der Waals surface area contributed by atoms with Crippen molar-refractivity contribution in [3.05, 3.63) is 10.4 Å². The molecule has 1 aliphatic rings. The average Bonchev–Trinajstić information content (AvgIpc) is 2.36. The summed E-state index contributed by atoms with van der Waals surface area (Å²) >= 11 is 0. The molecule has 1 N–H and O–H groups in total. The predicted molar refractivity (Wildman–Crippen MR) is 64.4 cm³/mol. The molecule has 0 radical (unpaired) electrons. The molecule has 6 nitrogen and oxygen atoms in total. The smallest absolute Gasteiger partial charge is 0.323 e. The molecule has 0 aromatic carbocycles. The van der Waals surface area contributed by atoms with Gasteiger partial charge in [-0.05, 0) is 25.3 Å². The second-order valence-corrected chi connectivity index (χ2v) is 4.22. The van der Waals surface area contributed by atoms with E-state index in [1.165, 1.54) is 19.3 Å². The molecule has 0 saturated heterocycles. The van der Waals surface area contributed by atoms with E-state index in [9.17, 15) is 4.79 Å². The molecule has 6 heteroatoms. The van der Waals surface area contributed by atoms with Crippen LogP contribution in [0.15, 0.2) is 5.11 Å². The molecule has 0 aromatic rings. The largest absolute Gasteiger partial charge is 0.465 e. The molecule has 0 spiro atoms. The molecule has 1 unspecified atom stereocenters. The highest BCUT2D eigenvalue weighted by Crippen LogP contribution is 2.18. The summed E-state index contributed by atoms with van der Waals surface area (Å²) in [6.07, 6.45) is 5.79. The van der Waals surface area contributed by atoms with Gasteiger partial charge in [-0.3, -0.25) is 4.79 Å². The van der Waals surface area contributed by atoms with Gasteiger partial charge in [-0.2, -0.15) is 0 Å². The lowest BCUT2D eigenvalue weighted by Crippen LogP contribution is -2.46. The van der Waals surface area contributed by atoms with E-state index in [0.29, 0.717) is 12.6 Å². The van der Waals surface area contributed by atoms with Gasteiger partial charge in [-0.1, -0.05) is 24.4 Å². The highest BCUT2D eigenvalue weighted by atomic mass is 16.5. The maximum atomic E-state index is 11.7. The van der Waals surface area contributed by atoms with E-state index in [0.717, 1.165) is 12.8 Å².